The van der Waals surface area contributed by atoms with Gasteiger partial charge in [-0.1, -0.05) is 6.07 Å². The van der Waals surface area contributed by atoms with Gasteiger partial charge in [-0.15, -0.1) is 0 Å². The molecule has 3 heterocycles. The Hall–Kier alpha value is -3.56. The average Bonchev–Trinajstić information content (AvgIpc) is 3.29. The van der Waals surface area contributed by atoms with Crippen LogP contribution in [0.2, 0.25) is 0 Å². The fraction of sp³-hybridized carbons (Fsp3) is 0.250. The highest BCUT2D eigenvalue weighted by Crippen LogP contribution is 2.29. The van der Waals surface area contributed by atoms with Gasteiger partial charge < -0.3 is 10.6 Å². The largest absolute Gasteiger partial charge is 0.361 e. The van der Waals surface area contributed by atoms with Crippen molar-refractivity contribution in [1.82, 2.24) is 24.7 Å². The summed E-state index contributed by atoms with van der Waals surface area (Å²) in [6.07, 6.45) is 8.39. The molecule has 1 fully saturated rings. The molecule has 0 bridgehead atoms. The highest BCUT2D eigenvalue weighted by atomic mass is 16.6. The minimum absolute atomic E-state index is 0.124. The molecule has 10 nitrogen and oxygen atoms in total. The smallest absolute Gasteiger partial charge is 0.329 e. The highest BCUT2D eigenvalue weighted by Gasteiger charge is 2.26. The van der Waals surface area contributed by atoms with Crippen LogP contribution in [0.25, 0.3) is 5.82 Å². The molecule has 10 heteroatoms. The summed E-state index contributed by atoms with van der Waals surface area (Å²) in [6.45, 7) is 0.406. The zero-order chi connectivity index (χ0) is 17.9. The predicted molar refractivity (Wildman–Crippen MR) is 94.0 cm³/mol. The number of pyridine rings is 1. The van der Waals surface area contributed by atoms with Crippen molar-refractivity contribution in [3.8, 4) is 5.82 Å². The number of nitrogens with zero attached hydrogens (tertiary/aromatic N) is 6. The van der Waals surface area contributed by atoms with Crippen LogP contribution in [0.4, 0.5) is 17.5 Å². The molecule has 0 atom stereocenters. The topological polar surface area (TPSA) is 124 Å². The Labute approximate surface area is 148 Å². The second-order valence-corrected chi connectivity index (χ2v) is 5.89. The lowest BCUT2D eigenvalue weighted by molar-refractivity contribution is -0.384. The number of nitro groups is 1. The van der Waals surface area contributed by atoms with Crippen LogP contribution in [0.1, 0.15) is 18.4 Å². The number of anilines is 2. The van der Waals surface area contributed by atoms with E-state index in [1.807, 2.05) is 24.4 Å². The zero-order valence-electron chi connectivity index (χ0n) is 13.7. The van der Waals surface area contributed by atoms with Crippen LogP contribution in [-0.2, 0) is 6.54 Å². The fourth-order valence-corrected chi connectivity index (χ4v) is 2.46. The predicted octanol–water partition coefficient (Wildman–Crippen LogP) is 2.15. The molecular weight excluding hydrogens is 336 g/mol. The monoisotopic (exact) mass is 352 g/mol. The Kier molecular flexibility index (Phi) is 4.14. The van der Waals surface area contributed by atoms with Crippen LogP contribution < -0.4 is 10.6 Å². The number of aromatic nitrogens is 5. The second-order valence-electron chi connectivity index (χ2n) is 5.89. The average molecular weight is 352 g/mol. The van der Waals surface area contributed by atoms with Crippen molar-refractivity contribution in [2.24, 2.45) is 0 Å². The minimum atomic E-state index is -0.481. The number of hydrogen-bond donors (Lipinski definition) is 2. The van der Waals surface area contributed by atoms with Gasteiger partial charge in [-0.25, -0.2) is 14.6 Å². The van der Waals surface area contributed by atoms with E-state index in [-0.39, 0.29) is 17.5 Å². The van der Waals surface area contributed by atoms with Crippen LogP contribution >= 0.6 is 0 Å². The van der Waals surface area contributed by atoms with E-state index in [1.165, 1.54) is 6.20 Å². The van der Waals surface area contributed by atoms with Gasteiger partial charge in [0.1, 0.15) is 6.20 Å². The maximum Gasteiger partial charge on any atom is 0.329 e. The number of hydrogen-bond acceptors (Lipinski definition) is 8. The van der Waals surface area contributed by atoms with E-state index >= 15 is 0 Å². The van der Waals surface area contributed by atoms with Crippen LogP contribution in [0, 0.1) is 10.1 Å². The third kappa shape index (κ3) is 3.43. The van der Waals surface area contributed by atoms with Crippen molar-refractivity contribution >= 4 is 17.5 Å². The van der Waals surface area contributed by atoms with Gasteiger partial charge in [-0.3, -0.25) is 10.1 Å². The van der Waals surface area contributed by atoms with Gasteiger partial charge in [0.05, 0.1) is 4.92 Å². The molecule has 0 saturated heterocycles. The summed E-state index contributed by atoms with van der Waals surface area (Å²) < 4.78 is 1.67. The van der Waals surface area contributed by atoms with Crippen molar-refractivity contribution in [2.75, 3.05) is 10.6 Å². The summed E-state index contributed by atoms with van der Waals surface area (Å²) in [7, 11) is 0. The SMILES string of the molecule is O=[N+]([O-])c1cnc(NCc2cccnc2-n2cccn2)nc1NC1CC1. The normalized spacial score (nSPS) is 13.4. The van der Waals surface area contributed by atoms with Gasteiger partial charge in [-0.2, -0.15) is 10.1 Å². The van der Waals surface area contributed by atoms with E-state index in [0.717, 1.165) is 18.4 Å². The van der Waals surface area contributed by atoms with Crippen molar-refractivity contribution < 1.29 is 4.92 Å². The molecular formula is C16H16N8O2. The summed E-state index contributed by atoms with van der Waals surface area (Å²) in [6, 6.07) is 5.83. The molecule has 3 aromatic rings. The summed E-state index contributed by atoms with van der Waals surface area (Å²) in [5.41, 5.74) is 0.774. The molecule has 1 aliphatic carbocycles. The Morgan fingerprint density at radius 1 is 1.27 bits per heavy atom. The molecule has 3 aromatic heterocycles. The van der Waals surface area contributed by atoms with E-state index in [9.17, 15) is 10.1 Å². The Bertz CT molecular complexity index is 924. The Morgan fingerprint density at radius 2 is 2.15 bits per heavy atom. The lowest BCUT2D eigenvalue weighted by Gasteiger charge is -2.11. The summed E-state index contributed by atoms with van der Waals surface area (Å²) in [5, 5.41) is 21.5. The molecule has 0 aromatic carbocycles. The van der Waals surface area contributed by atoms with Crippen LogP contribution in [-0.4, -0.2) is 35.7 Å². The molecule has 0 aliphatic heterocycles. The molecule has 1 saturated carbocycles. The quantitative estimate of drug-likeness (QED) is 0.490. The van der Waals surface area contributed by atoms with Gasteiger partial charge in [0.25, 0.3) is 0 Å². The first-order chi connectivity index (χ1) is 12.7. The number of rotatable bonds is 7. The standard InChI is InChI=1S/C16H16N8O2/c25-24(26)13-10-19-16(22-14(13)21-12-4-5-12)18-9-11-3-1-6-17-15(11)23-8-2-7-20-23/h1-3,6-8,10,12H,4-5,9H2,(H2,18,19,21,22). The first kappa shape index (κ1) is 15.9. The molecule has 1 aliphatic rings. The van der Waals surface area contributed by atoms with Gasteiger partial charge >= 0.3 is 5.69 Å². The summed E-state index contributed by atoms with van der Waals surface area (Å²) >= 11 is 0. The molecule has 2 N–H and O–H groups in total. The van der Waals surface area contributed by atoms with Gasteiger partial charge in [-0.05, 0) is 25.0 Å². The van der Waals surface area contributed by atoms with E-state index in [4.69, 9.17) is 0 Å². The zero-order valence-corrected chi connectivity index (χ0v) is 13.7. The summed E-state index contributed by atoms with van der Waals surface area (Å²) in [5.74, 6) is 1.26. The van der Waals surface area contributed by atoms with E-state index in [1.54, 1.807) is 17.1 Å². The van der Waals surface area contributed by atoms with Crippen LogP contribution in [0.5, 0.6) is 0 Å². The number of nitrogens with one attached hydrogen (secondary N) is 2. The first-order valence-electron chi connectivity index (χ1n) is 8.16. The molecule has 0 amide bonds. The maximum atomic E-state index is 11.1. The van der Waals surface area contributed by atoms with Crippen LogP contribution in [0.3, 0.4) is 0 Å². The molecule has 0 unspecified atom stereocenters. The van der Waals surface area contributed by atoms with Gasteiger partial charge in [0.15, 0.2) is 5.82 Å². The first-order valence-corrected chi connectivity index (χ1v) is 8.16. The van der Waals surface area contributed by atoms with Crippen molar-refractivity contribution in [1.29, 1.82) is 0 Å². The second kappa shape index (κ2) is 6.75. The molecule has 0 spiro atoms. The van der Waals surface area contributed by atoms with Crippen LogP contribution in [0.15, 0.2) is 43.0 Å². The Balaban J connectivity index is 1.54. The van der Waals surface area contributed by atoms with E-state index in [0.29, 0.717) is 18.3 Å². The Morgan fingerprint density at radius 3 is 2.88 bits per heavy atom. The van der Waals surface area contributed by atoms with Crippen molar-refractivity contribution in [2.45, 2.75) is 25.4 Å². The van der Waals surface area contributed by atoms with E-state index < -0.39 is 4.92 Å². The molecule has 26 heavy (non-hydrogen) atoms. The maximum absolute atomic E-state index is 11.1. The van der Waals surface area contributed by atoms with E-state index in [2.05, 4.69) is 30.7 Å². The van der Waals surface area contributed by atoms with Crippen molar-refractivity contribution in [3.63, 3.8) is 0 Å². The molecule has 132 valence electrons. The highest BCUT2D eigenvalue weighted by molar-refractivity contribution is 5.58. The van der Waals surface area contributed by atoms with Crippen molar-refractivity contribution in [3.05, 3.63) is 58.7 Å². The summed E-state index contributed by atoms with van der Waals surface area (Å²) in [4.78, 5) is 23.3. The van der Waals surface area contributed by atoms with Gasteiger partial charge in [0, 0.05) is 36.7 Å². The molecule has 0 radical (unpaired) electrons. The van der Waals surface area contributed by atoms with Gasteiger partial charge in [0.2, 0.25) is 11.8 Å². The third-order valence-electron chi connectivity index (χ3n) is 3.91. The lowest BCUT2D eigenvalue weighted by Crippen LogP contribution is -2.12. The minimum Gasteiger partial charge on any atom is -0.361 e. The molecule has 4 rings (SSSR count). The third-order valence-corrected chi connectivity index (χ3v) is 3.91. The lowest BCUT2D eigenvalue weighted by atomic mass is 10.2. The fourth-order valence-electron chi connectivity index (χ4n) is 2.46.